The van der Waals surface area contributed by atoms with Gasteiger partial charge in [0.1, 0.15) is 22.8 Å². The van der Waals surface area contributed by atoms with Gasteiger partial charge in [0, 0.05) is 25.1 Å². The highest BCUT2D eigenvalue weighted by Crippen LogP contribution is 2.48. The van der Waals surface area contributed by atoms with Gasteiger partial charge >= 0.3 is 6.09 Å². The zero-order chi connectivity index (χ0) is 19.2. The normalized spacial score (nSPS) is 18.5. The molecule has 1 heterocycles. The second-order valence-corrected chi connectivity index (χ2v) is 8.76. The molecule has 1 aliphatic rings. The third-order valence-electron chi connectivity index (χ3n) is 4.57. The summed E-state index contributed by atoms with van der Waals surface area (Å²) in [6.45, 7) is 11.3. The van der Waals surface area contributed by atoms with Gasteiger partial charge < -0.3 is 14.7 Å². The first kappa shape index (κ1) is 19.6. The Bertz CT molecular complexity index is 637. The number of benzene rings is 1. The maximum atomic E-state index is 13.7. The topological polar surface area (TPSA) is 49.8 Å². The first-order chi connectivity index (χ1) is 11.2. The van der Waals surface area contributed by atoms with Crippen LogP contribution in [-0.2, 0) is 10.3 Å². The van der Waals surface area contributed by atoms with Gasteiger partial charge in [-0.3, -0.25) is 0 Å². The molecular formula is C19H27F2NO3. The second kappa shape index (κ2) is 6.24. The third kappa shape index (κ3) is 3.94. The number of ether oxygens (including phenoxy) is 1. The molecule has 0 spiro atoms. The molecule has 0 radical (unpaired) electrons. The molecule has 0 saturated carbocycles. The van der Waals surface area contributed by atoms with Crippen molar-refractivity contribution in [2.45, 2.75) is 52.7 Å². The van der Waals surface area contributed by atoms with Crippen molar-refractivity contribution in [2.24, 2.45) is 11.3 Å². The average molecular weight is 355 g/mol. The molecule has 1 amide bonds. The molecule has 1 aromatic rings. The van der Waals surface area contributed by atoms with E-state index < -0.39 is 34.3 Å². The summed E-state index contributed by atoms with van der Waals surface area (Å²) < 4.78 is 32.7. The molecule has 140 valence electrons. The van der Waals surface area contributed by atoms with Crippen LogP contribution in [0.3, 0.4) is 0 Å². The van der Waals surface area contributed by atoms with Gasteiger partial charge in [-0.05, 0) is 43.9 Å². The zero-order valence-electron chi connectivity index (χ0n) is 15.7. The molecule has 1 aliphatic heterocycles. The Morgan fingerprint density at radius 2 is 1.56 bits per heavy atom. The summed E-state index contributed by atoms with van der Waals surface area (Å²) in [7, 11) is 0. The number of hydrogen-bond acceptors (Lipinski definition) is 3. The van der Waals surface area contributed by atoms with E-state index in [1.807, 2.05) is 20.8 Å². The van der Waals surface area contributed by atoms with Gasteiger partial charge in [0.15, 0.2) is 0 Å². The summed E-state index contributed by atoms with van der Waals surface area (Å²) in [5, 5.41) is 11.4. The third-order valence-corrected chi connectivity index (χ3v) is 4.57. The van der Waals surface area contributed by atoms with Crippen LogP contribution >= 0.6 is 0 Å². The SMILES string of the molecule is CC(C)(C)OC(=O)N1CC(C(O)(c2cc(F)cc(F)c2)C(C)(C)C)C1. The maximum absolute atomic E-state index is 13.7. The molecule has 0 aliphatic carbocycles. The molecule has 0 aromatic heterocycles. The Morgan fingerprint density at radius 1 is 1.08 bits per heavy atom. The van der Waals surface area contributed by atoms with Crippen LogP contribution in [-0.4, -0.2) is 34.8 Å². The molecule has 6 heteroatoms. The van der Waals surface area contributed by atoms with Crippen molar-refractivity contribution in [3.8, 4) is 0 Å². The van der Waals surface area contributed by atoms with Crippen LogP contribution in [0.5, 0.6) is 0 Å². The molecule has 0 bridgehead atoms. The number of amides is 1. The predicted molar refractivity (Wildman–Crippen MR) is 91.0 cm³/mol. The molecule has 4 nitrogen and oxygen atoms in total. The Hall–Kier alpha value is -1.69. The first-order valence-electron chi connectivity index (χ1n) is 8.41. The molecular weight excluding hydrogens is 328 g/mol. The largest absolute Gasteiger partial charge is 0.444 e. The Balaban J connectivity index is 2.25. The fourth-order valence-electron chi connectivity index (χ4n) is 3.27. The lowest BCUT2D eigenvalue weighted by Crippen LogP contribution is -2.62. The van der Waals surface area contributed by atoms with Crippen molar-refractivity contribution in [1.82, 2.24) is 4.90 Å². The standard InChI is InChI=1S/C19H27F2NO3/c1-17(2,3)19(24,12-7-14(20)9-15(21)8-12)13-10-22(11-13)16(23)25-18(4,5)6/h7-9,13,24H,10-11H2,1-6H3. The molecule has 2 rings (SSSR count). The number of aliphatic hydroxyl groups is 1. The van der Waals surface area contributed by atoms with Gasteiger partial charge in [0.2, 0.25) is 0 Å². The predicted octanol–water partition coefficient (Wildman–Crippen LogP) is 4.07. The molecule has 1 atom stereocenters. The van der Waals surface area contributed by atoms with Crippen molar-refractivity contribution >= 4 is 6.09 Å². The van der Waals surface area contributed by atoms with Crippen LogP contribution in [0.1, 0.15) is 47.1 Å². The average Bonchev–Trinajstić information content (AvgIpc) is 2.31. The van der Waals surface area contributed by atoms with Gasteiger partial charge in [-0.25, -0.2) is 13.6 Å². The van der Waals surface area contributed by atoms with Crippen LogP contribution in [0.2, 0.25) is 0 Å². The summed E-state index contributed by atoms with van der Waals surface area (Å²) in [6, 6.07) is 3.09. The lowest BCUT2D eigenvalue weighted by atomic mass is 9.63. The monoisotopic (exact) mass is 355 g/mol. The molecule has 1 saturated heterocycles. The van der Waals surface area contributed by atoms with E-state index in [0.717, 1.165) is 18.2 Å². The number of hydrogen-bond donors (Lipinski definition) is 1. The van der Waals surface area contributed by atoms with Crippen LogP contribution in [0.4, 0.5) is 13.6 Å². The highest BCUT2D eigenvalue weighted by atomic mass is 19.1. The smallest absolute Gasteiger partial charge is 0.410 e. The van der Waals surface area contributed by atoms with Gasteiger partial charge in [-0.2, -0.15) is 0 Å². The van der Waals surface area contributed by atoms with Crippen molar-refractivity contribution in [3.05, 3.63) is 35.4 Å². The number of carbonyl (C=O) groups excluding carboxylic acids is 1. The first-order valence-corrected chi connectivity index (χ1v) is 8.41. The van der Waals surface area contributed by atoms with E-state index in [2.05, 4.69) is 0 Å². The zero-order valence-corrected chi connectivity index (χ0v) is 15.7. The fourth-order valence-corrected chi connectivity index (χ4v) is 3.27. The van der Waals surface area contributed by atoms with Crippen molar-refractivity contribution < 1.29 is 23.4 Å². The molecule has 1 N–H and O–H groups in total. The van der Waals surface area contributed by atoms with E-state index in [0.29, 0.717) is 0 Å². The van der Waals surface area contributed by atoms with Crippen molar-refractivity contribution in [2.75, 3.05) is 13.1 Å². The van der Waals surface area contributed by atoms with Crippen LogP contribution < -0.4 is 0 Å². The van der Waals surface area contributed by atoms with E-state index in [1.165, 1.54) is 4.90 Å². The minimum Gasteiger partial charge on any atom is -0.444 e. The summed E-state index contributed by atoms with van der Waals surface area (Å²) in [6.07, 6.45) is -0.453. The van der Waals surface area contributed by atoms with Gasteiger partial charge in [-0.1, -0.05) is 20.8 Å². The number of likely N-dealkylation sites (tertiary alicyclic amines) is 1. The number of rotatable bonds is 2. The Labute approximate surface area is 147 Å². The van der Waals surface area contributed by atoms with E-state index in [-0.39, 0.29) is 24.6 Å². The minimum atomic E-state index is -1.48. The van der Waals surface area contributed by atoms with E-state index in [1.54, 1.807) is 20.8 Å². The van der Waals surface area contributed by atoms with E-state index >= 15 is 0 Å². The minimum absolute atomic E-state index is 0.186. The van der Waals surface area contributed by atoms with Crippen LogP contribution in [0.25, 0.3) is 0 Å². The van der Waals surface area contributed by atoms with Gasteiger partial charge in [-0.15, -0.1) is 0 Å². The Morgan fingerprint density at radius 3 is 1.96 bits per heavy atom. The highest BCUT2D eigenvalue weighted by molar-refractivity contribution is 5.69. The van der Waals surface area contributed by atoms with E-state index in [9.17, 15) is 18.7 Å². The lowest BCUT2D eigenvalue weighted by Gasteiger charge is -2.53. The molecule has 25 heavy (non-hydrogen) atoms. The summed E-state index contributed by atoms with van der Waals surface area (Å²) in [5.74, 6) is -1.82. The number of carbonyl (C=O) groups is 1. The molecule has 1 aromatic carbocycles. The van der Waals surface area contributed by atoms with E-state index in [4.69, 9.17) is 4.74 Å². The number of halogens is 2. The van der Waals surface area contributed by atoms with Crippen molar-refractivity contribution in [3.63, 3.8) is 0 Å². The number of nitrogens with zero attached hydrogens (tertiary/aromatic N) is 1. The van der Waals surface area contributed by atoms with Gasteiger partial charge in [0.25, 0.3) is 0 Å². The summed E-state index contributed by atoms with van der Waals surface area (Å²) in [5.41, 5.74) is -2.58. The van der Waals surface area contributed by atoms with Gasteiger partial charge in [0.05, 0.1) is 0 Å². The maximum Gasteiger partial charge on any atom is 0.410 e. The molecule has 1 fully saturated rings. The Kier molecular flexibility index (Phi) is 4.90. The quantitative estimate of drug-likeness (QED) is 0.870. The fraction of sp³-hybridized carbons (Fsp3) is 0.632. The molecule has 1 unspecified atom stereocenters. The summed E-state index contributed by atoms with van der Waals surface area (Å²) in [4.78, 5) is 13.6. The second-order valence-electron chi connectivity index (χ2n) is 8.76. The van der Waals surface area contributed by atoms with Crippen LogP contribution in [0.15, 0.2) is 18.2 Å². The highest BCUT2D eigenvalue weighted by Gasteiger charge is 2.54. The van der Waals surface area contributed by atoms with Crippen molar-refractivity contribution in [1.29, 1.82) is 0 Å². The van der Waals surface area contributed by atoms with Crippen LogP contribution in [0, 0.1) is 23.0 Å². The lowest BCUT2D eigenvalue weighted by molar-refractivity contribution is -0.153. The summed E-state index contributed by atoms with van der Waals surface area (Å²) >= 11 is 0.